The molecule has 0 spiro atoms. The Morgan fingerprint density at radius 3 is 2.63 bits per heavy atom. The Labute approximate surface area is 178 Å². The zero-order chi connectivity index (χ0) is 21.3. The molecule has 154 valence electrons. The highest BCUT2D eigenvalue weighted by atomic mass is 35.5. The van der Waals surface area contributed by atoms with Crippen molar-refractivity contribution in [3.63, 3.8) is 0 Å². The van der Waals surface area contributed by atoms with Gasteiger partial charge >= 0.3 is 0 Å². The summed E-state index contributed by atoms with van der Waals surface area (Å²) in [6.45, 7) is 1.92. The highest BCUT2D eigenvalue weighted by Crippen LogP contribution is 2.36. The minimum atomic E-state index is -3.84. The number of aliphatic imine (C=N–C) groups is 1. The molecule has 2 heterocycles. The molecule has 9 heteroatoms. The fourth-order valence-electron chi connectivity index (χ4n) is 3.35. The summed E-state index contributed by atoms with van der Waals surface area (Å²) in [7, 11) is -3.84. The lowest BCUT2D eigenvalue weighted by molar-refractivity contribution is 0.591. The van der Waals surface area contributed by atoms with E-state index in [0.717, 1.165) is 0 Å². The van der Waals surface area contributed by atoms with Crippen molar-refractivity contribution in [1.29, 1.82) is 0 Å². The van der Waals surface area contributed by atoms with Crippen molar-refractivity contribution >= 4 is 33.3 Å². The first-order valence-electron chi connectivity index (χ1n) is 9.18. The molecule has 1 aliphatic heterocycles. The topological polar surface area (TPSA) is 83.4 Å². The molecule has 0 fully saturated rings. The smallest absolute Gasteiger partial charge is 0.266 e. The average molecular weight is 445 g/mol. The second-order valence-corrected chi connectivity index (χ2v) is 8.85. The van der Waals surface area contributed by atoms with Gasteiger partial charge in [0.1, 0.15) is 10.7 Å². The Kier molecular flexibility index (Phi) is 5.44. The lowest BCUT2D eigenvalue weighted by Crippen LogP contribution is -2.41. The van der Waals surface area contributed by atoms with E-state index in [1.165, 1.54) is 12.1 Å². The third-order valence-corrected chi connectivity index (χ3v) is 6.61. The Hall–Kier alpha value is -2.97. The van der Waals surface area contributed by atoms with E-state index in [9.17, 15) is 12.8 Å². The van der Waals surface area contributed by atoms with Crippen molar-refractivity contribution in [1.82, 2.24) is 9.71 Å². The summed E-state index contributed by atoms with van der Waals surface area (Å²) in [6, 6.07) is 14.7. The largest absolute Gasteiger partial charge is 0.324 e. The SMILES string of the molecule is CC(c1ccccc1F)c1cccc2c1NC(=NCc1ncccc1Cl)NS2(=O)=O. The molecule has 0 radical (unpaired) electrons. The Morgan fingerprint density at radius 2 is 1.87 bits per heavy atom. The molecule has 0 saturated heterocycles. The van der Waals surface area contributed by atoms with Gasteiger partial charge in [0.15, 0.2) is 0 Å². The molecule has 0 aliphatic carbocycles. The highest BCUT2D eigenvalue weighted by Gasteiger charge is 2.30. The van der Waals surface area contributed by atoms with Crippen LogP contribution < -0.4 is 10.0 Å². The minimum absolute atomic E-state index is 0.0532. The van der Waals surface area contributed by atoms with Crippen molar-refractivity contribution in [2.45, 2.75) is 24.3 Å². The summed E-state index contributed by atoms with van der Waals surface area (Å²) in [6.07, 6.45) is 1.59. The van der Waals surface area contributed by atoms with Crippen molar-refractivity contribution in [2.24, 2.45) is 4.99 Å². The number of nitrogens with one attached hydrogen (secondary N) is 2. The maximum Gasteiger partial charge on any atom is 0.266 e. The van der Waals surface area contributed by atoms with E-state index in [4.69, 9.17) is 11.6 Å². The summed E-state index contributed by atoms with van der Waals surface area (Å²) in [4.78, 5) is 8.53. The molecule has 4 rings (SSSR count). The van der Waals surface area contributed by atoms with Gasteiger partial charge in [-0.3, -0.25) is 4.98 Å². The number of hydrogen-bond donors (Lipinski definition) is 2. The van der Waals surface area contributed by atoms with Crippen LogP contribution in [0.1, 0.15) is 29.7 Å². The van der Waals surface area contributed by atoms with Crippen LogP contribution in [-0.4, -0.2) is 19.4 Å². The molecule has 1 unspecified atom stereocenters. The number of fused-ring (bicyclic) bond motifs is 1. The summed E-state index contributed by atoms with van der Waals surface area (Å²) < 4.78 is 42.3. The van der Waals surface area contributed by atoms with Gasteiger partial charge < -0.3 is 5.32 Å². The second kappa shape index (κ2) is 8.04. The van der Waals surface area contributed by atoms with Crippen LogP contribution >= 0.6 is 11.6 Å². The summed E-state index contributed by atoms with van der Waals surface area (Å²) in [5.41, 5.74) is 2.01. The van der Waals surface area contributed by atoms with Crippen LogP contribution in [0.25, 0.3) is 0 Å². The molecular formula is C21H18ClFN4O2S. The summed E-state index contributed by atoms with van der Waals surface area (Å²) in [5, 5.41) is 3.49. The quantitative estimate of drug-likeness (QED) is 0.629. The normalized spacial score (nSPS) is 17.0. The van der Waals surface area contributed by atoms with Crippen LogP contribution in [0, 0.1) is 5.82 Å². The number of rotatable bonds is 4. The van der Waals surface area contributed by atoms with E-state index >= 15 is 0 Å². The summed E-state index contributed by atoms with van der Waals surface area (Å²) in [5.74, 6) is -0.677. The number of aromatic nitrogens is 1. The Bertz CT molecular complexity index is 1250. The monoisotopic (exact) mass is 444 g/mol. The van der Waals surface area contributed by atoms with E-state index in [1.807, 2.05) is 6.92 Å². The fraction of sp³-hybridized carbons (Fsp3) is 0.143. The maximum absolute atomic E-state index is 14.3. The predicted molar refractivity (Wildman–Crippen MR) is 115 cm³/mol. The molecule has 2 N–H and O–H groups in total. The Morgan fingerprint density at radius 1 is 1.10 bits per heavy atom. The lowest BCUT2D eigenvalue weighted by atomic mass is 9.91. The zero-order valence-electron chi connectivity index (χ0n) is 15.9. The first kappa shape index (κ1) is 20.3. The summed E-state index contributed by atoms with van der Waals surface area (Å²) >= 11 is 6.10. The first-order valence-corrected chi connectivity index (χ1v) is 11.0. The number of pyridine rings is 1. The minimum Gasteiger partial charge on any atom is -0.324 e. The van der Waals surface area contributed by atoms with Gasteiger partial charge in [-0.2, -0.15) is 0 Å². The van der Waals surface area contributed by atoms with Crippen LogP contribution in [0.3, 0.4) is 0 Å². The molecule has 1 aliphatic rings. The molecule has 2 aromatic carbocycles. The first-order chi connectivity index (χ1) is 14.4. The van der Waals surface area contributed by atoms with Gasteiger partial charge in [0, 0.05) is 12.1 Å². The van der Waals surface area contributed by atoms with Crippen LogP contribution in [-0.2, 0) is 16.6 Å². The number of para-hydroxylation sites is 1. The van der Waals surface area contributed by atoms with E-state index in [0.29, 0.717) is 27.5 Å². The zero-order valence-corrected chi connectivity index (χ0v) is 17.5. The molecule has 1 atom stereocenters. The number of benzene rings is 2. The number of sulfonamides is 1. The highest BCUT2D eigenvalue weighted by molar-refractivity contribution is 7.90. The van der Waals surface area contributed by atoms with E-state index in [-0.39, 0.29) is 29.1 Å². The van der Waals surface area contributed by atoms with Crippen molar-refractivity contribution in [2.75, 3.05) is 5.32 Å². The number of halogens is 2. The molecule has 1 aromatic heterocycles. The van der Waals surface area contributed by atoms with Gasteiger partial charge in [-0.25, -0.2) is 22.5 Å². The van der Waals surface area contributed by atoms with E-state index < -0.39 is 10.0 Å². The van der Waals surface area contributed by atoms with Gasteiger partial charge in [-0.05, 0) is 35.4 Å². The molecule has 0 bridgehead atoms. The van der Waals surface area contributed by atoms with Gasteiger partial charge in [0.05, 0.1) is 22.9 Å². The third kappa shape index (κ3) is 3.88. The van der Waals surface area contributed by atoms with Gasteiger partial charge in [-0.1, -0.05) is 48.9 Å². The predicted octanol–water partition coefficient (Wildman–Crippen LogP) is 4.29. The lowest BCUT2D eigenvalue weighted by Gasteiger charge is -2.26. The van der Waals surface area contributed by atoms with E-state index in [1.54, 1.807) is 48.7 Å². The third-order valence-electron chi connectivity index (χ3n) is 4.88. The number of anilines is 1. The van der Waals surface area contributed by atoms with Crippen molar-refractivity contribution in [3.05, 3.63) is 88.5 Å². The molecule has 0 saturated carbocycles. The molecule has 3 aromatic rings. The van der Waals surface area contributed by atoms with E-state index in [2.05, 4.69) is 20.0 Å². The number of nitrogens with zero attached hydrogens (tertiary/aromatic N) is 2. The Balaban J connectivity index is 1.74. The van der Waals surface area contributed by atoms with Gasteiger partial charge in [0.2, 0.25) is 5.96 Å². The molecule has 6 nitrogen and oxygen atoms in total. The maximum atomic E-state index is 14.3. The molecular weight excluding hydrogens is 427 g/mol. The van der Waals surface area contributed by atoms with Crippen molar-refractivity contribution in [3.8, 4) is 0 Å². The van der Waals surface area contributed by atoms with Gasteiger partial charge in [-0.15, -0.1) is 0 Å². The molecule has 30 heavy (non-hydrogen) atoms. The second-order valence-electron chi connectivity index (χ2n) is 6.79. The number of guanidine groups is 1. The fourth-order valence-corrected chi connectivity index (χ4v) is 4.70. The van der Waals surface area contributed by atoms with Crippen LogP contribution in [0.4, 0.5) is 10.1 Å². The van der Waals surface area contributed by atoms with Crippen LogP contribution in [0.2, 0.25) is 5.02 Å². The van der Waals surface area contributed by atoms with Crippen LogP contribution in [0.15, 0.2) is 70.7 Å². The average Bonchev–Trinajstić information content (AvgIpc) is 2.72. The number of hydrogen-bond acceptors (Lipinski definition) is 4. The molecule has 0 amide bonds. The van der Waals surface area contributed by atoms with Crippen LogP contribution in [0.5, 0.6) is 0 Å². The van der Waals surface area contributed by atoms with Gasteiger partial charge in [0.25, 0.3) is 10.0 Å². The standard InChI is InChI=1S/C21H18ClFN4O2S/c1-13(14-6-2-3-9-17(14)23)15-7-4-10-19-20(15)26-21(27-30(19,28)29)25-12-18-16(22)8-5-11-24-18/h2-11,13H,12H2,1H3,(H2,25,26,27). The van der Waals surface area contributed by atoms with Crippen molar-refractivity contribution < 1.29 is 12.8 Å².